The first-order chi connectivity index (χ1) is 14.6. The van der Waals surface area contributed by atoms with Crippen molar-refractivity contribution < 1.29 is 19.4 Å². The SMILES string of the molecule is N#C/C(=C/N1CCN(Cc2ccc3c(c2)OCO3)CC1)C(=O)Nc1ccccc1O. The van der Waals surface area contributed by atoms with Gasteiger partial charge in [0.15, 0.2) is 11.5 Å². The number of carbonyl (C=O) groups is 1. The van der Waals surface area contributed by atoms with Gasteiger partial charge in [0.2, 0.25) is 6.79 Å². The standard InChI is InChI=1S/C22H22N4O4/c23-12-17(22(28)24-18-3-1-2-4-19(18)27)14-26-9-7-25(8-10-26)13-16-5-6-20-21(11-16)30-15-29-20/h1-6,11,14,27H,7-10,13,15H2,(H,24,28)/b17-14-. The molecular formula is C22H22N4O4. The lowest BCUT2D eigenvalue weighted by Gasteiger charge is -2.34. The molecule has 2 heterocycles. The Kier molecular flexibility index (Phi) is 5.72. The minimum absolute atomic E-state index is 0.00229. The van der Waals surface area contributed by atoms with Gasteiger partial charge in [-0.05, 0) is 29.8 Å². The van der Waals surface area contributed by atoms with Crippen LogP contribution in [0.5, 0.6) is 17.2 Å². The number of para-hydroxylation sites is 2. The van der Waals surface area contributed by atoms with Crippen LogP contribution >= 0.6 is 0 Å². The van der Waals surface area contributed by atoms with Gasteiger partial charge in [0.05, 0.1) is 5.69 Å². The molecule has 1 fully saturated rings. The number of aromatic hydroxyl groups is 1. The van der Waals surface area contributed by atoms with Crippen LogP contribution in [-0.4, -0.2) is 53.8 Å². The number of hydrogen-bond donors (Lipinski definition) is 2. The Morgan fingerprint density at radius 2 is 1.90 bits per heavy atom. The molecule has 0 radical (unpaired) electrons. The Morgan fingerprint density at radius 3 is 2.67 bits per heavy atom. The van der Waals surface area contributed by atoms with E-state index in [2.05, 4.69) is 10.2 Å². The summed E-state index contributed by atoms with van der Waals surface area (Å²) in [5.74, 6) is 0.977. The van der Waals surface area contributed by atoms with Crippen molar-refractivity contribution in [3.05, 3.63) is 59.8 Å². The van der Waals surface area contributed by atoms with Crippen molar-refractivity contribution in [3.8, 4) is 23.3 Å². The van der Waals surface area contributed by atoms with Gasteiger partial charge >= 0.3 is 0 Å². The number of phenolic OH excluding ortho intramolecular Hbond substituents is 1. The number of benzene rings is 2. The lowest BCUT2D eigenvalue weighted by molar-refractivity contribution is -0.112. The number of nitriles is 1. The number of anilines is 1. The molecule has 4 rings (SSSR count). The summed E-state index contributed by atoms with van der Waals surface area (Å²) in [7, 11) is 0. The van der Waals surface area contributed by atoms with E-state index in [0.29, 0.717) is 13.1 Å². The molecule has 2 aliphatic heterocycles. The Balaban J connectivity index is 1.32. The lowest BCUT2D eigenvalue weighted by atomic mass is 10.1. The van der Waals surface area contributed by atoms with Crippen molar-refractivity contribution in [2.24, 2.45) is 0 Å². The van der Waals surface area contributed by atoms with E-state index < -0.39 is 5.91 Å². The number of piperazine rings is 1. The predicted molar refractivity (Wildman–Crippen MR) is 110 cm³/mol. The Bertz CT molecular complexity index is 1010. The van der Waals surface area contributed by atoms with Crippen LogP contribution in [-0.2, 0) is 11.3 Å². The number of fused-ring (bicyclic) bond motifs is 1. The summed E-state index contributed by atoms with van der Waals surface area (Å²) in [6.45, 7) is 4.10. The summed E-state index contributed by atoms with van der Waals surface area (Å²) in [6, 6.07) is 14.3. The first-order valence-electron chi connectivity index (χ1n) is 9.68. The van der Waals surface area contributed by atoms with Gasteiger partial charge in [-0.1, -0.05) is 18.2 Å². The third kappa shape index (κ3) is 4.47. The van der Waals surface area contributed by atoms with Gasteiger partial charge in [-0.3, -0.25) is 9.69 Å². The largest absolute Gasteiger partial charge is 0.506 e. The van der Waals surface area contributed by atoms with E-state index >= 15 is 0 Å². The summed E-state index contributed by atoms with van der Waals surface area (Å²) >= 11 is 0. The molecule has 0 spiro atoms. The molecule has 0 unspecified atom stereocenters. The fraction of sp³-hybridized carbons (Fsp3) is 0.273. The molecular weight excluding hydrogens is 384 g/mol. The number of hydrogen-bond acceptors (Lipinski definition) is 7. The van der Waals surface area contributed by atoms with Crippen molar-refractivity contribution in [3.63, 3.8) is 0 Å². The van der Waals surface area contributed by atoms with Crippen LogP contribution in [0.15, 0.2) is 54.2 Å². The zero-order valence-corrected chi connectivity index (χ0v) is 16.4. The third-order valence-corrected chi connectivity index (χ3v) is 5.08. The van der Waals surface area contributed by atoms with E-state index in [1.807, 2.05) is 29.2 Å². The Labute approximate surface area is 174 Å². The van der Waals surface area contributed by atoms with Crippen LogP contribution < -0.4 is 14.8 Å². The highest BCUT2D eigenvalue weighted by Crippen LogP contribution is 2.32. The zero-order valence-electron chi connectivity index (χ0n) is 16.4. The normalized spacial score (nSPS) is 16.2. The quantitative estimate of drug-likeness (QED) is 0.447. The molecule has 154 valence electrons. The Hall–Kier alpha value is -3.70. The smallest absolute Gasteiger partial charge is 0.267 e. The van der Waals surface area contributed by atoms with E-state index in [1.165, 1.54) is 6.07 Å². The van der Waals surface area contributed by atoms with Gasteiger partial charge in [0, 0.05) is 38.9 Å². The van der Waals surface area contributed by atoms with Crippen molar-refractivity contribution in [1.82, 2.24) is 9.80 Å². The molecule has 0 atom stereocenters. The summed E-state index contributed by atoms with van der Waals surface area (Å²) in [5, 5.41) is 21.8. The van der Waals surface area contributed by atoms with Crippen LogP contribution in [0.1, 0.15) is 5.56 Å². The Morgan fingerprint density at radius 1 is 1.13 bits per heavy atom. The van der Waals surface area contributed by atoms with Crippen molar-refractivity contribution in [2.45, 2.75) is 6.54 Å². The van der Waals surface area contributed by atoms with Crippen LogP contribution in [0.25, 0.3) is 0 Å². The molecule has 8 nitrogen and oxygen atoms in total. The summed E-state index contributed by atoms with van der Waals surface area (Å²) in [4.78, 5) is 16.7. The average Bonchev–Trinajstić information content (AvgIpc) is 3.22. The van der Waals surface area contributed by atoms with E-state index in [9.17, 15) is 15.2 Å². The van der Waals surface area contributed by atoms with Gasteiger partial charge in [-0.15, -0.1) is 0 Å². The second kappa shape index (κ2) is 8.76. The van der Waals surface area contributed by atoms with Crippen LogP contribution in [0.4, 0.5) is 5.69 Å². The number of amides is 1. The topological polar surface area (TPSA) is 98.1 Å². The third-order valence-electron chi connectivity index (χ3n) is 5.08. The molecule has 0 aromatic heterocycles. The molecule has 2 N–H and O–H groups in total. The zero-order chi connectivity index (χ0) is 20.9. The summed E-state index contributed by atoms with van der Waals surface area (Å²) < 4.78 is 10.8. The van der Waals surface area contributed by atoms with E-state index in [1.54, 1.807) is 24.4 Å². The number of phenols is 1. The molecule has 2 aromatic rings. The predicted octanol–water partition coefficient (Wildman–Crippen LogP) is 2.28. The highest BCUT2D eigenvalue weighted by atomic mass is 16.7. The molecule has 30 heavy (non-hydrogen) atoms. The van der Waals surface area contributed by atoms with E-state index in [0.717, 1.165) is 36.7 Å². The number of nitrogens with one attached hydrogen (secondary N) is 1. The fourth-order valence-corrected chi connectivity index (χ4v) is 3.44. The first kappa shape index (κ1) is 19.6. The van der Waals surface area contributed by atoms with Gasteiger partial charge in [0.25, 0.3) is 5.91 Å². The van der Waals surface area contributed by atoms with E-state index in [-0.39, 0.29) is 23.8 Å². The maximum Gasteiger partial charge on any atom is 0.267 e. The molecule has 0 aliphatic carbocycles. The summed E-state index contributed by atoms with van der Waals surface area (Å²) in [5.41, 5.74) is 1.43. The second-order valence-corrected chi connectivity index (χ2v) is 7.13. The number of ether oxygens (including phenoxy) is 2. The molecule has 8 heteroatoms. The maximum absolute atomic E-state index is 12.4. The highest BCUT2D eigenvalue weighted by Gasteiger charge is 2.19. The molecule has 0 saturated carbocycles. The number of carbonyl (C=O) groups excluding carboxylic acids is 1. The summed E-state index contributed by atoms with van der Waals surface area (Å²) in [6.07, 6.45) is 1.59. The monoisotopic (exact) mass is 406 g/mol. The molecule has 2 aromatic carbocycles. The highest BCUT2D eigenvalue weighted by molar-refractivity contribution is 6.07. The fourth-order valence-electron chi connectivity index (χ4n) is 3.44. The molecule has 1 saturated heterocycles. The second-order valence-electron chi connectivity index (χ2n) is 7.13. The van der Waals surface area contributed by atoms with Gasteiger partial charge < -0.3 is 24.8 Å². The van der Waals surface area contributed by atoms with Crippen LogP contribution in [0.2, 0.25) is 0 Å². The minimum Gasteiger partial charge on any atom is -0.506 e. The van der Waals surface area contributed by atoms with E-state index in [4.69, 9.17) is 9.47 Å². The van der Waals surface area contributed by atoms with Crippen LogP contribution in [0.3, 0.4) is 0 Å². The first-order valence-corrected chi connectivity index (χ1v) is 9.68. The van der Waals surface area contributed by atoms with Gasteiger partial charge in [-0.2, -0.15) is 5.26 Å². The lowest BCUT2D eigenvalue weighted by Crippen LogP contribution is -2.43. The maximum atomic E-state index is 12.4. The average molecular weight is 406 g/mol. The van der Waals surface area contributed by atoms with Crippen molar-refractivity contribution >= 4 is 11.6 Å². The van der Waals surface area contributed by atoms with Gasteiger partial charge in [-0.25, -0.2) is 0 Å². The number of rotatable bonds is 5. The molecule has 1 amide bonds. The van der Waals surface area contributed by atoms with Gasteiger partial charge in [0.1, 0.15) is 17.4 Å². The number of nitrogens with zero attached hydrogens (tertiary/aromatic N) is 3. The molecule has 0 bridgehead atoms. The van der Waals surface area contributed by atoms with Crippen LogP contribution in [0, 0.1) is 11.3 Å². The molecule has 2 aliphatic rings. The minimum atomic E-state index is -0.540. The van der Waals surface area contributed by atoms with Crippen molar-refractivity contribution in [1.29, 1.82) is 5.26 Å². The van der Waals surface area contributed by atoms with Crippen molar-refractivity contribution in [2.75, 3.05) is 38.3 Å².